The fraction of sp³-hybridized carbons (Fsp3) is 0.233. The molecule has 1 saturated heterocycles. The highest BCUT2D eigenvalue weighted by molar-refractivity contribution is 5.86. The third kappa shape index (κ3) is 5.17. The molecule has 0 atom stereocenters. The number of likely N-dealkylation sites (N-methyl/N-ethyl adjacent to an activating group) is 1. The van der Waals surface area contributed by atoms with E-state index >= 15 is 0 Å². The van der Waals surface area contributed by atoms with Gasteiger partial charge in [0.25, 0.3) is 0 Å². The quantitative estimate of drug-likeness (QED) is 0.306. The van der Waals surface area contributed by atoms with Crippen LogP contribution in [-0.4, -0.2) is 70.8 Å². The molecule has 6 rings (SSSR count). The van der Waals surface area contributed by atoms with Crippen molar-refractivity contribution in [3.8, 4) is 22.8 Å². The summed E-state index contributed by atoms with van der Waals surface area (Å²) < 4.78 is 7.87. The van der Waals surface area contributed by atoms with Gasteiger partial charge in [0.2, 0.25) is 0 Å². The summed E-state index contributed by atoms with van der Waals surface area (Å²) >= 11 is 0. The monoisotopic (exact) mass is 505 g/mol. The lowest BCUT2D eigenvalue weighted by atomic mass is 10.1. The van der Waals surface area contributed by atoms with Crippen molar-refractivity contribution in [1.82, 2.24) is 24.4 Å². The average molecular weight is 506 g/mol. The van der Waals surface area contributed by atoms with Gasteiger partial charge in [0.15, 0.2) is 22.8 Å². The number of anilines is 2. The average Bonchev–Trinajstić information content (AvgIpc) is 3.41. The summed E-state index contributed by atoms with van der Waals surface area (Å²) in [5.41, 5.74) is 4.69. The van der Waals surface area contributed by atoms with Gasteiger partial charge in [-0.2, -0.15) is 0 Å². The van der Waals surface area contributed by atoms with Crippen LogP contribution >= 0.6 is 0 Å². The molecule has 8 heteroatoms. The van der Waals surface area contributed by atoms with E-state index < -0.39 is 0 Å². The first kappa shape index (κ1) is 23.9. The molecule has 8 nitrogen and oxygen atoms in total. The van der Waals surface area contributed by atoms with Gasteiger partial charge in [-0.15, -0.1) is 0 Å². The van der Waals surface area contributed by atoms with E-state index in [1.165, 1.54) is 5.69 Å². The molecule has 2 aromatic heterocycles. The van der Waals surface area contributed by atoms with Crippen molar-refractivity contribution in [3.05, 3.63) is 91.3 Å². The molecule has 0 radical (unpaired) electrons. The summed E-state index contributed by atoms with van der Waals surface area (Å²) in [4.78, 5) is 19.3. The molecule has 0 bridgehead atoms. The summed E-state index contributed by atoms with van der Waals surface area (Å²) in [7, 11) is 2.17. The summed E-state index contributed by atoms with van der Waals surface area (Å²) in [6, 6.07) is 28.5. The van der Waals surface area contributed by atoms with Gasteiger partial charge in [-0.05, 0) is 55.6 Å². The molecule has 5 aromatic rings. The van der Waals surface area contributed by atoms with Crippen LogP contribution in [0.3, 0.4) is 0 Å². The van der Waals surface area contributed by atoms with Gasteiger partial charge in [-0.1, -0.05) is 36.4 Å². The van der Waals surface area contributed by atoms with Gasteiger partial charge >= 0.3 is 0 Å². The second-order valence-electron chi connectivity index (χ2n) is 9.44. The molecular weight excluding hydrogens is 474 g/mol. The Labute approximate surface area is 222 Å². The second-order valence-corrected chi connectivity index (χ2v) is 9.44. The van der Waals surface area contributed by atoms with Crippen LogP contribution in [-0.2, 0) is 0 Å². The van der Waals surface area contributed by atoms with Crippen molar-refractivity contribution in [2.45, 2.75) is 0 Å². The SMILES string of the molecule is CN1CCN(c2ccc(-c3nc(NCCOc4ccccc4)c4ncn(-c5ccccc5)c4n3)cc2)CC1. The molecule has 1 fully saturated rings. The van der Waals surface area contributed by atoms with E-state index in [4.69, 9.17) is 14.7 Å². The van der Waals surface area contributed by atoms with E-state index in [1.54, 1.807) is 6.33 Å². The van der Waals surface area contributed by atoms with Gasteiger partial charge in [0, 0.05) is 43.1 Å². The van der Waals surface area contributed by atoms with Crippen LogP contribution < -0.4 is 15.0 Å². The van der Waals surface area contributed by atoms with Crippen LogP contribution in [0.1, 0.15) is 0 Å². The third-order valence-corrected chi connectivity index (χ3v) is 6.83. The first-order valence-corrected chi connectivity index (χ1v) is 13.0. The van der Waals surface area contributed by atoms with Crippen molar-refractivity contribution >= 4 is 22.7 Å². The van der Waals surface area contributed by atoms with E-state index in [1.807, 2.05) is 53.1 Å². The molecule has 38 heavy (non-hydrogen) atoms. The van der Waals surface area contributed by atoms with E-state index in [9.17, 15) is 0 Å². The molecule has 3 heterocycles. The zero-order valence-corrected chi connectivity index (χ0v) is 21.5. The summed E-state index contributed by atoms with van der Waals surface area (Å²) in [5.74, 6) is 2.20. The van der Waals surface area contributed by atoms with Gasteiger partial charge in [0.05, 0.1) is 6.54 Å². The first-order chi connectivity index (χ1) is 18.7. The van der Waals surface area contributed by atoms with Crippen molar-refractivity contribution in [1.29, 1.82) is 0 Å². The predicted molar refractivity (Wildman–Crippen MR) is 152 cm³/mol. The Hall–Kier alpha value is -4.43. The van der Waals surface area contributed by atoms with E-state index in [-0.39, 0.29) is 0 Å². The molecule has 0 amide bonds. The molecular formula is C30H31N7O. The maximum atomic E-state index is 5.87. The van der Waals surface area contributed by atoms with Crippen molar-refractivity contribution < 1.29 is 4.74 Å². The number of imidazole rings is 1. The van der Waals surface area contributed by atoms with Crippen molar-refractivity contribution in [3.63, 3.8) is 0 Å². The van der Waals surface area contributed by atoms with Gasteiger partial charge in [-0.25, -0.2) is 15.0 Å². The minimum absolute atomic E-state index is 0.504. The normalized spacial score (nSPS) is 14.1. The van der Waals surface area contributed by atoms with E-state index in [0.717, 1.165) is 54.3 Å². The smallest absolute Gasteiger partial charge is 0.170 e. The molecule has 1 N–H and O–H groups in total. The maximum Gasteiger partial charge on any atom is 0.170 e. The number of hydrogen-bond donors (Lipinski definition) is 1. The van der Waals surface area contributed by atoms with Gasteiger partial charge in [0.1, 0.15) is 18.7 Å². The fourth-order valence-corrected chi connectivity index (χ4v) is 4.67. The molecule has 3 aromatic carbocycles. The summed E-state index contributed by atoms with van der Waals surface area (Å²) in [6.45, 7) is 5.31. The van der Waals surface area contributed by atoms with Crippen LogP contribution in [0.4, 0.5) is 11.5 Å². The molecule has 1 aliphatic heterocycles. The number of para-hydroxylation sites is 2. The van der Waals surface area contributed by atoms with Gasteiger partial charge < -0.3 is 19.9 Å². The van der Waals surface area contributed by atoms with Crippen LogP contribution in [0.15, 0.2) is 91.3 Å². The number of aromatic nitrogens is 4. The van der Waals surface area contributed by atoms with Crippen LogP contribution in [0, 0.1) is 0 Å². The topological polar surface area (TPSA) is 71.3 Å². The number of benzene rings is 3. The number of piperazine rings is 1. The van der Waals surface area contributed by atoms with Crippen LogP contribution in [0.25, 0.3) is 28.2 Å². The third-order valence-electron chi connectivity index (χ3n) is 6.83. The second kappa shape index (κ2) is 10.9. The zero-order valence-electron chi connectivity index (χ0n) is 21.5. The summed E-state index contributed by atoms with van der Waals surface area (Å²) in [6.07, 6.45) is 1.81. The van der Waals surface area contributed by atoms with E-state index in [0.29, 0.717) is 24.8 Å². The van der Waals surface area contributed by atoms with E-state index in [2.05, 4.69) is 63.5 Å². The Bertz CT molecular complexity index is 1480. The lowest BCUT2D eigenvalue weighted by Crippen LogP contribution is -2.44. The molecule has 0 unspecified atom stereocenters. The number of nitrogens with zero attached hydrogens (tertiary/aromatic N) is 6. The Morgan fingerprint density at radius 3 is 2.24 bits per heavy atom. The fourth-order valence-electron chi connectivity index (χ4n) is 4.67. The maximum absolute atomic E-state index is 5.87. The predicted octanol–water partition coefficient (Wildman–Crippen LogP) is 4.73. The van der Waals surface area contributed by atoms with Crippen molar-refractivity contribution in [2.24, 2.45) is 0 Å². The lowest BCUT2D eigenvalue weighted by molar-refractivity contribution is 0.313. The highest BCUT2D eigenvalue weighted by Gasteiger charge is 2.17. The molecule has 0 spiro atoms. The first-order valence-electron chi connectivity index (χ1n) is 13.0. The largest absolute Gasteiger partial charge is 0.492 e. The molecule has 0 saturated carbocycles. The minimum atomic E-state index is 0.504. The number of rotatable bonds is 8. The Morgan fingerprint density at radius 1 is 0.789 bits per heavy atom. The van der Waals surface area contributed by atoms with Crippen LogP contribution in [0.5, 0.6) is 5.75 Å². The number of nitrogens with one attached hydrogen (secondary N) is 1. The number of hydrogen-bond acceptors (Lipinski definition) is 7. The Morgan fingerprint density at radius 2 is 1.50 bits per heavy atom. The summed E-state index contributed by atoms with van der Waals surface area (Å²) in [5, 5.41) is 3.44. The van der Waals surface area contributed by atoms with Crippen molar-refractivity contribution in [2.75, 3.05) is 56.6 Å². The highest BCUT2D eigenvalue weighted by atomic mass is 16.5. The Balaban J connectivity index is 1.29. The number of fused-ring (bicyclic) bond motifs is 1. The zero-order chi connectivity index (χ0) is 25.7. The molecule has 0 aliphatic carbocycles. The van der Waals surface area contributed by atoms with Gasteiger partial charge in [-0.3, -0.25) is 4.57 Å². The van der Waals surface area contributed by atoms with Crippen LogP contribution in [0.2, 0.25) is 0 Å². The lowest BCUT2D eigenvalue weighted by Gasteiger charge is -2.34. The molecule has 1 aliphatic rings. The number of ether oxygens (including phenoxy) is 1. The minimum Gasteiger partial charge on any atom is -0.492 e. The molecule has 192 valence electrons. The standard InChI is InChI=1S/C30H31N7O/c1-35-17-19-36(20-18-35)24-14-12-23(13-15-24)28-33-29(31-16-21-38-26-10-6-3-7-11-26)27-30(34-28)37(22-32-27)25-8-4-2-5-9-25/h2-15,22H,16-21H2,1H3,(H,31,33,34). The Kier molecular flexibility index (Phi) is 6.87. The highest BCUT2D eigenvalue weighted by Crippen LogP contribution is 2.27.